The molecular formula is C26H31ClO6. The molecule has 0 bridgehead atoms. The zero-order valence-electron chi connectivity index (χ0n) is 19.3. The van der Waals surface area contributed by atoms with Crippen molar-refractivity contribution in [1.29, 1.82) is 0 Å². The highest BCUT2D eigenvalue weighted by Gasteiger charge is 2.29. The Morgan fingerprint density at radius 3 is 2.73 bits per heavy atom. The zero-order valence-corrected chi connectivity index (χ0v) is 20.1. The summed E-state index contributed by atoms with van der Waals surface area (Å²) in [6.45, 7) is 7.39. The minimum atomic E-state index is -1.00. The molecule has 0 amide bonds. The Kier molecular flexibility index (Phi) is 11.0. The molecule has 178 valence electrons. The number of hydrogen-bond donors (Lipinski definition) is 1. The fourth-order valence-corrected chi connectivity index (χ4v) is 3.54. The van der Waals surface area contributed by atoms with E-state index in [4.69, 9.17) is 30.5 Å². The first-order chi connectivity index (χ1) is 15.9. The molecule has 0 aromatic heterocycles. The van der Waals surface area contributed by atoms with Crippen molar-refractivity contribution in [2.45, 2.75) is 45.3 Å². The molecule has 0 aliphatic heterocycles. The number of carboxylic acids is 1. The number of carbonyl (C=O) groups is 1. The van der Waals surface area contributed by atoms with Crippen LogP contribution in [0.1, 0.15) is 32.8 Å². The smallest absolute Gasteiger partial charge is 0.333 e. The van der Waals surface area contributed by atoms with Gasteiger partial charge in [-0.2, -0.15) is 0 Å². The normalized spacial score (nSPS) is 18.4. The number of carboxylic acid groups (broad SMARTS) is 1. The Bertz CT molecular complexity index is 940. The molecule has 0 heterocycles. The molecular weight excluding hydrogens is 444 g/mol. The third-order valence-electron chi connectivity index (χ3n) is 4.70. The van der Waals surface area contributed by atoms with Gasteiger partial charge in [-0.3, -0.25) is 0 Å². The molecule has 0 saturated heterocycles. The minimum Gasteiger partial charge on any atom is -0.498 e. The zero-order chi connectivity index (χ0) is 24.1. The molecule has 1 aromatic rings. The predicted molar refractivity (Wildman–Crippen MR) is 128 cm³/mol. The van der Waals surface area contributed by atoms with Crippen LogP contribution in [0.15, 0.2) is 54.3 Å². The maximum atomic E-state index is 11.3. The van der Waals surface area contributed by atoms with Crippen molar-refractivity contribution in [2.24, 2.45) is 0 Å². The maximum Gasteiger partial charge on any atom is 0.333 e. The lowest BCUT2D eigenvalue weighted by Gasteiger charge is -2.28. The van der Waals surface area contributed by atoms with Gasteiger partial charge in [-0.05, 0) is 62.8 Å². The summed E-state index contributed by atoms with van der Waals surface area (Å²) < 4.78 is 22.5. The van der Waals surface area contributed by atoms with E-state index >= 15 is 0 Å². The summed E-state index contributed by atoms with van der Waals surface area (Å²) >= 11 is 6.30. The summed E-state index contributed by atoms with van der Waals surface area (Å²) in [6.07, 6.45) is 9.18. The fraction of sp³-hybridized carbons (Fsp3) is 0.423. The predicted octanol–water partition coefficient (Wildman–Crippen LogP) is 4.97. The lowest BCUT2D eigenvalue weighted by atomic mass is 9.94. The van der Waals surface area contributed by atoms with Crippen LogP contribution in [0.25, 0.3) is 0 Å². The van der Waals surface area contributed by atoms with E-state index < -0.39 is 17.7 Å². The lowest BCUT2D eigenvalue weighted by molar-refractivity contribution is -0.149. The maximum absolute atomic E-state index is 11.3. The number of aliphatic carboxylic acids is 1. The molecule has 33 heavy (non-hydrogen) atoms. The Morgan fingerprint density at radius 1 is 1.24 bits per heavy atom. The standard InChI is InChI=1S/C26H31ClO6/c1-4-30-21-11-10-15-26(19-21,33-6-3)14-8-7-9-16-32-23-13-12-20(17-22(23)27)18-24(25(28)29)31-5-2/h7,9-13,15,17,24H,4-6,16,18-19H2,1-3H3,(H,28,29)/t24-,26?/m0/s1. The van der Waals surface area contributed by atoms with Crippen molar-refractivity contribution in [3.05, 3.63) is 64.9 Å². The molecule has 1 aliphatic carbocycles. The summed E-state index contributed by atoms with van der Waals surface area (Å²) in [6, 6.07) is 5.20. The first kappa shape index (κ1) is 26.5. The van der Waals surface area contributed by atoms with Crippen LogP contribution in [0.5, 0.6) is 5.75 Å². The number of hydrogen-bond acceptors (Lipinski definition) is 5. The Morgan fingerprint density at radius 2 is 2.06 bits per heavy atom. The molecule has 6 nitrogen and oxygen atoms in total. The highest BCUT2D eigenvalue weighted by atomic mass is 35.5. The second-order valence-corrected chi connectivity index (χ2v) is 7.57. The molecule has 1 N–H and O–H groups in total. The molecule has 2 rings (SSSR count). The van der Waals surface area contributed by atoms with Gasteiger partial charge in [-0.1, -0.05) is 35.6 Å². The topological polar surface area (TPSA) is 74.2 Å². The van der Waals surface area contributed by atoms with E-state index in [1.165, 1.54) is 0 Å². The van der Waals surface area contributed by atoms with Crippen LogP contribution in [-0.2, 0) is 25.4 Å². The average Bonchev–Trinajstić information content (AvgIpc) is 2.77. The van der Waals surface area contributed by atoms with Gasteiger partial charge in [0.1, 0.15) is 18.1 Å². The average molecular weight is 475 g/mol. The molecule has 0 fully saturated rings. The molecule has 0 spiro atoms. The molecule has 1 unspecified atom stereocenters. The molecule has 0 radical (unpaired) electrons. The number of allylic oxidation sites excluding steroid dienone is 3. The van der Waals surface area contributed by atoms with Gasteiger partial charge in [-0.15, -0.1) is 0 Å². The van der Waals surface area contributed by atoms with Gasteiger partial charge in [-0.25, -0.2) is 4.79 Å². The quantitative estimate of drug-likeness (QED) is 0.431. The summed E-state index contributed by atoms with van der Waals surface area (Å²) in [5, 5.41) is 9.63. The van der Waals surface area contributed by atoms with Crippen LogP contribution in [-0.4, -0.2) is 49.2 Å². The molecule has 7 heteroatoms. The third kappa shape index (κ3) is 8.62. The minimum absolute atomic E-state index is 0.231. The Balaban J connectivity index is 1.93. The van der Waals surface area contributed by atoms with E-state index in [-0.39, 0.29) is 13.0 Å². The first-order valence-electron chi connectivity index (χ1n) is 11.0. The van der Waals surface area contributed by atoms with Crippen molar-refractivity contribution < 1.29 is 28.8 Å². The van der Waals surface area contributed by atoms with E-state index in [1.807, 2.05) is 32.1 Å². The molecule has 0 saturated carbocycles. The fourth-order valence-electron chi connectivity index (χ4n) is 3.28. The van der Waals surface area contributed by atoms with Crippen LogP contribution < -0.4 is 4.74 Å². The van der Waals surface area contributed by atoms with Crippen molar-refractivity contribution in [3.63, 3.8) is 0 Å². The van der Waals surface area contributed by atoms with Gasteiger partial charge in [0, 0.05) is 26.1 Å². The van der Waals surface area contributed by atoms with E-state index in [0.717, 1.165) is 11.3 Å². The number of ether oxygens (including phenoxy) is 4. The summed E-state index contributed by atoms with van der Waals surface area (Å²) in [5.41, 5.74) is 0.0602. The molecule has 2 atom stereocenters. The van der Waals surface area contributed by atoms with E-state index in [1.54, 1.807) is 37.3 Å². The van der Waals surface area contributed by atoms with Crippen LogP contribution >= 0.6 is 11.6 Å². The Hall–Kier alpha value is -2.72. The lowest BCUT2D eigenvalue weighted by Crippen LogP contribution is -2.31. The highest BCUT2D eigenvalue weighted by Crippen LogP contribution is 2.28. The van der Waals surface area contributed by atoms with E-state index in [0.29, 0.717) is 37.0 Å². The Labute approximate surface area is 200 Å². The molecule has 1 aromatic carbocycles. The van der Waals surface area contributed by atoms with Crippen molar-refractivity contribution in [2.75, 3.05) is 26.4 Å². The first-order valence-corrected chi connectivity index (χ1v) is 11.4. The third-order valence-corrected chi connectivity index (χ3v) is 4.99. The van der Waals surface area contributed by atoms with E-state index in [2.05, 4.69) is 11.8 Å². The summed E-state index contributed by atoms with van der Waals surface area (Å²) in [5.74, 6) is 6.56. The van der Waals surface area contributed by atoms with Crippen LogP contribution in [0.3, 0.4) is 0 Å². The number of halogens is 1. The van der Waals surface area contributed by atoms with Gasteiger partial charge >= 0.3 is 5.97 Å². The van der Waals surface area contributed by atoms with E-state index in [9.17, 15) is 9.90 Å². The SMILES string of the molecule is CCOC1=CC=CC(C#CC=CCOc2ccc(C[C@H](OCC)C(=O)O)cc2Cl)(OCC)C1. The van der Waals surface area contributed by atoms with Crippen molar-refractivity contribution in [1.82, 2.24) is 0 Å². The van der Waals surface area contributed by atoms with Crippen LogP contribution in [0.2, 0.25) is 5.02 Å². The van der Waals surface area contributed by atoms with Crippen LogP contribution in [0.4, 0.5) is 0 Å². The molecule has 1 aliphatic rings. The second-order valence-electron chi connectivity index (χ2n) is 7.16. The van der Waals surface area contributed by atoms with Crippen LogP contribution in [0, 0.1) is 11.8 Å². The van der Waals surface area contributed by atoms with Gasteiger partial charge in [0.2, 0.25) is 0 Å². The largest absolute Gasteiger partial charge is 0.498 e. The number of benzene rings is 1. The van der Waals surface area contributed by atoms with Crippen molar-refractivity contribution in [3.8, 4) is 17.6 Å². The van der Waals surface area contributed by atoms with Gasteiger partial charge < -0.3 is 24.1 Å². The van der Waals surface area contributed by atoms with Gasteiger partial charge in [0.05, 0.1) is 11.6 Å². The second kappa shape index (κ2) is 13.7. The van der Waals surface area contributed by atoms with Gasteiger partial charge in [0.15, 0.2) is 11.7 Å². The van der Waals surface area contributed by atoms with Crippen molar-refractivity contribution >= 4 is 17.6 Å². The highest BCUT2D eigenvalue weighted by molar-refractivity contribution is 6.32. The number of rotatable bonds is 12. The summed E-state index contributed by atoms with van der Waals surface area (Å²) in [7, 11) is 0. The monoisotopic (exact) mass is 474 g/mol. The van der Waals surface area contributed by atoms with Gasteiger partial charge in [0.25, 0.3) is 0 Å². The summed E-state index contributed by atoms with van der Waals surface area (Å²) in [4.78, 5) is 11.3.